The smallest absolute Gasteiger partial charge is 0.0299 e. The van der Waals surface area contributed by atoms with Crippen molar-refractivity contribution in [3.05, 3.63) is 30.1 Å². The van der Waals surface area contributed by atoms with Crippen LogP contribution in [0.25, 0.3) is 0 Å². The Morgan fingerprint density at radius 3 is 2.89 bits per heavy atom. The fraction of sp³-hybridized carbons (Fsp3) is 0.667. The van der Waals surface area contributed by atoms with Crippen LogP contribution < -0.4 is 0 Å². The number of piperidine rings is 1. The highest BCUT2D eigenvalue weighted by atomic mass is 32.2. The first-order chi connectivity index (χ1) is 8.88. The first kappa shape index (κ1) is 13.9. The van der Waals surface area contributed by atoms with Gasteiger partial charge in [-0.25, -0.2) is 0 Å². The fourth-order valence-electron chi connectivity index (χ4n) is 2.67. The van der Waals surface area contributed by atoms with Gasteiger partial charge < -0.3 is 4.90 Å². The molecule has 1 aliphatic heterocycles. The third kappa shape index (κ3) is 4.62. The molecule has 0 aliphatic carbocycles. The van der Waals surface area contributed by atoms with Crippen LogP contribution in [0.3, 0.4) is 0 Å². The summed E-state index contributed by atoms with van der Waals surface area (Å²) in [6.45, 7) is 3.86. The number of likely N-dealkylation sites (tertiary alicyclic amines) is 1. The van der Waals surface area contributed by atoms with Crippen LogP contribution in [-0.4, -0.2) is 41.5 Å². The van der Waals surface area contributed by atoms with Gasteiger partial charge in [-0.05, 0) is 74.9 Å². The topological polar surface area (TPSA) is 16.1 Å². The number of thioether (sulfide) groups is 1. The summed E-state index contributed by atoms with van der Waals surface area (Å²) in [6.07, 6.45) is 11.3. The van der Waals surface area contributed by atoms with E-state index in [0.717, 1.165) is 5.92 Å². The molecule has 0 aromatic carbocycles. The summed E-state index contributed by atoms with van der Waals surface area (Å²) in [4.78, 5) is 6.80. The average Bonchev–Trinajstić information content (AvgIpc) is 2.42. The fourth-order valence-corrected chi connectivity index (χ4v) is 3.47. The SMILES string of the molecule is CSCC1CCN(CCCc2cccnc2)CC1. The summed E-state index contributed by atoms with van der Waals surface area (Å²) in [5, 5.41) is 0. The maximum Gasteiger partial charge on any atom is 0.0299 e. The van der Waals surface area contributed by atoms with Gasteiger partial charge in [0, 0.05) is 12.4 Å². The van der Waals surface area contributed by atoms with E-state index < -0.39 is 0 Å². The summed E-state index contributed by atoms with van der Waals surface area (Å²) in [5.74, 6) is 2.32. The van der Waals surface area contributed by atoms with Crippen LogP contribution >= 0.6 is 11.8 Å². The highest BCUT2D eigenvalue weighted by Gasteiger charge is 2.17. The van der Waals surface area contributed by atoms with Crippen LogP contribution in [0.2, 0.25) is 0 Å². The van der Waals surface area contributed by atoms with Gasteiger partial charge in [0.15, 0.2) is 0 Å². The molecule has 1 fully saturated rings. The van der Waals surface area contributed by atoms with E-state index in [1.165, 1.54) is 56.6 Å². The quantitative estimate of drug-likeness (QED) is 0.785. The zero-order chi connectivity index (χ0) is 12.6. The zero-order valence-electron chi connectivity index (χ0n) is 11.3. The minimum absolute atomic E-state index is 0.967. The molecule has 18 heavy (non-hydrogen) atoms. The third-order valence-corrected chi connectivity index (χ3v) is 4.58. The molecule has 3 heteroatoms. The Bertz CT molecular complexity index is 321. The predicted octanol–water partition coefficient (Wildman–Crippen LogP) is 3.09. The molecule has 0 unspecified atom stereocenters. The normalized spacial score (nSPS) is 18.1. The van der Waals surface area contributed by atoms with Crippen LogP contribution in [0.15, 0.2) is 24.5 Å². The molecular weight excluding hydrogens is 240 g/mol. The second-order valence-electron chi connectivity index (χ2n) is 5.21. The van der Waals surface area contributed by atoms with Gasteiger partial charge in [0.25, 0.3) is 0 Å². The van der Waals surface area contributed by atoms with Crippen molar-refractivity contribution >= 4 is 11.8 Å². The van der Waals surface area contributed by atoms with E-state index in [4.69, 9.17) is 0 Å². The van der Waals surface area contributed by atoms with E-state index in [-0.39, 0.29) is 0 Å². The monoisotopic (exact) mass is 264 g/mol. The van der Waals surface area contributed by atoms with Crippen molar-refractivity contribution in [3.8, 4) is 0 Å². The summed E-state index contributed by atoms with van der Waals surface area (Å²) in [6, 6.07) is 4.21. The van der Waals surface area contributed by atoms with Crippen molar-refractivity contribution in [1.82, 2.24) is 9.88 Å². The van der Waals surface area contributed by atoms with E-state index in [2.05, 4.69) is 22.2 Å². The number of hydrogen-bond donors (Lipinski definition) is 0. The molecule has 0 amide bonds. The largest absolute Gasteiger partial charge is 0.303 e. The van der Waals surface area contributed by atoms with Gasteiger partial charge in [-0.3, -0.25) is 4.98 Å². The van der Waals surface area contributed by atoms with Crippen molar-refractivity contribution in [3.63, 3.8) is 0 Å². The Balaban J connectivity index is 1.61. The highest BCUT2D eigenvalue weighted by molar-refractivity contribution is 7.98. The third-order valence-electron chi connectivity index (χ3n) is 3.77. The Morgan fingerprint density at radius 2 is 2.22 bits per heavy atom. The molecule has 1 aliphatic rings. The molecule has 0 spiro atoms. The molecule has 1 saturated heterocycles. The van der Waals surface area contributed by atoms with Gasteiger partial charge in [-0.15, -0.1) is 0 Å². The van der Waals surface area contributed by atoms with Gasteiger partial charge >= 0.3 is 0 Å². The highest BCUT2D eigenvalue weighted by Crippen LogP contribution is 2.20. The van der Waals surface area contributed by atoms with Crippen LogP contribution in [-0.2, 0) is 6.42 Å². The minimum Gasteiger partial charge on any atom is -0.303 e. The standard InChI is InChI=1S/C15H24N2S/c1-18-13-15-6-10-17(11-7-15)9-3-5-14-4-2-8-16-12-14/h2,4,8,12,15H,3,5-7,9-11,13H2,1H3. The second-order valence-corrected chi connectivity index (χ2v) is 6.12. The minimum atomic E-state index is 0.967. The number of hydrogen-bond acceptors (Lipinski definition) is 3. The first-order valence-corrected chi connectivity index (χ1v) is 8.38. The summed E-state index contributed by atoms with van der Waals surface area (Å²) >= 11 is 2.00. The second kappa shape index (κ2) is 7.80. The molecule has 2 rings (SSSR count). The predicted molar refractivity (Wildman–Crippen MR) is 80.1 cm³/mol. The summed E-state index contributed by atoms with van der Waals surface area (Å²) < 4.78 is 0. The maximum atomic E-state index is 4.16. The molecule has 2 heterocycles. The molecule has 0 saturated carbocycles. The van der Waals surface area contributed by atoms with Gasteiger partial charge in [0.05, 0.1) is 0 Å². The molecule has 1 aromatic rings. The van der Waals surface area contributed by atoms with Gasteiger partial charge in [0.1, 0.15) is 0 Å². The molecule has 2 nitrogen and oxygen atoms in total. The molecule has 100 valence electrons. The number of aryl methyl sites for hydroxylation is 1. The zero-order valence-corrected chi connectivity index (χ0v) is 12.2. The Labute approximate surface area is 115 Å². The lowest BCUT2D eigenvalue weighted by Crippen LogP contribution is -2.35. The maximum absolute atomic E-state index is 4.16. The van der Waals surface area contributed by atoms with Gasteiger partial charge in [0.2, 0.25) is 0 Å². The lowest BCUT2D eigenvalue weighted by atomic mass is 9.98. The number of rotatable bonds is 6. The van der Waals surface area contributed by atoms with Crippen molar-refractivity contribution in [1.29, 1.82) is 0 Å². The number of nitrogens with zero attached hydrogens (tertiary/aromatic N) is 2. The van der Waals surface area contributed by atoms with Crippen molar-refractivity contribution in [2.75, 3.05) is 31.6 Å². The van der Waals surface area contributed by atoms with Crippen molar-refractivity contribution < 1.29 is 0 Å². The molecule has 0 bridgehead atoms. The summed E-state index contributed by atoms with van der Waals surface area (Å²) in [7, 11) is 0. The molecular formula is C15H24N2S. The van der Waals surface area contributed by atoms with E-state index >= 15 is 0 Å². The van der Waals surface area contributed by atoms with E-state index in [1.807, 2.05) is 30.2 Å². The molecule has 0 radical (unpaired) electrons. The van der Waals surface area contributed by atoms with Crippen LogP contribution in [0, 0.1) is 5.92 Å². The average molecular weight is 264 g/mol. The lowest BCUT2D eigenvalue weighted by Gasteiger charge is -2.31. The Hall–Kier alpha value is -0.540. The number of pyridine rings is 1. The first-order valence-electron chi connectivity index (χ1n) is 6.98. The Morgan fingerprint density at radius 1 is 1.39 bits per heavy atom. The van der Waals surface area contributed by atoms with Crippen LogP contribution in [0.5, 0.6) is 0 Å². The van der Waals surface area contributed by atoms with Crippen LogP contribution in [0.1, 0.15) is 24.8 Å². The molecule has 0 atom stereocenters. The van der Waals surface area contributed by atoms with Crippen LogP contribution in [0.4, 0.5) is 0 Å². The van der Waals surface area contributed by atoms with Crippen molar-refractivity contribution in [2.45, 2.75) is 25.7 Å². The summed E-state index contributed by atoms with van der Waals surface area (Å²) in [5.41, 5.74) is 1.37. The van der Waals surface area contributed by atoms with Gasteiger partial charge in [-0.1, -0.05) is 6.07 Å². The lowest BCUT2D eigenvalue weighted by molar-refractivity contribution is 0.192. The van der Waals surface area contributed by atoms with Gasteiger partial charge in [-0.2, -0.15) is 11.8 Å². The van der Waals surface area contributed by atoms with Crippen molar-refractivity contribution in [2.24, 2.45) is 5.92 Å². The molecule has 1 aromatic heterocycles. The van der Waals surface area contributed by atoms with E-state index in [1.54, 1.807) is 0 Å². The van der Waals surface area contributed by atoms with E-state index in [9.17, 15) is 0 Å². The number of aromatic nitrogens is 1. The van der Waals surface area contributed by atoms with E-state index in [0.29, 0.717) is 0 Å². The Kier molecular flexibility index (Phi) is 6.01. The molecule has 0 N–H and O–H groups in total.